The van der Waals surface area contributed by atoms with Gasteiger partial charge >= 0.3 is 0 Å². The van der Waals surface area contributed by atoms with E-state index in [0.717, 1.165) is 15.6 Å². The molecule has 1 atom stereocenters. The van der Waals surface area contributed by atoms with E-state index in [-0.39, 0.29) is 18.6 Å². The molecule has 0 heterocycles. The van der Waals surface area contributed by atoms with Crippen molar-refractivity contribution in [3.05, 3.63) is 70.2 Å². The van der Waals surface area contributed by atoms with Gasteiger partial charge in [0.2, 0.25) is 5.91 Å². The summed E-state index contributed by atoms with van der Waals surface area (Å²) in [6.07, 6.45) is 0.302. The Morgan fingerprint density at radius 1 is 1.10 bits per heavy atom. The highest BCUT2D eigenvalue weighted by atomic mass is 79.9. The number of aliphatic hydroxyl groups excluding tert-OH is 1. The van der Waals surface area contributed by atoms with Crippen molar-refractivity contribution in [2.75, 3.05) is 6.61 Å². The second-order valence-corrected chi connectivity index (χ2v) is 5.43. The summed E-state index contributed by atoms with van der Waals surface area (Å²) in [4.78, 5) is 12.0. The first-order chi connectivity index (χ1) is 9.69. The molecule has 0 aliphatic rings. The molecule has 104 valence electrons. The van der Waals surface area contributed by atoms with Crippen molar-refractivity contribution in [2.45, 2.75) is 12.5 Å². The minimum Gasteiger partial charge on any atom is -0.394 e. The molecule has 0 radical (unpaired) electrons. The van der Waals surface area contributed by atoms with Crippen LogP contribution < -0.4 is 5.32 Å². The Labute approximate surface area is 126 Å². The van der Waals surface area contributed by atoms with Crippen LogP contribution in [0, 0.1) is 0 Å². The Kier molecular flexibility index (Phi) is 5.32. The van der Waals surface area contributed by atoms with Crippen LogP contribution in [-0.2, 0) is 11.2 Å². The minimum absolute atomic E-state index is 0.102. The van der Waals surface area contributed by atoms with Gasteiger partial charge in [0, 0.05) is 4.47 Å². The van der Waals surface area contributed by atoms with Gasteiger partial charge < -0.3 is 10.4 Å². The second kappa shape index (κ2) is 7.22. The third kappa shape index (κ3) is 4.18. The van der Waals surface area contributed by atoms with Crippen LogP contribution in [0.3, 0.4) is 0 Å². The van der Waals surface area contributed by atoms with Crippen molar-refractivity contribution < 1.29 is 9.90 Å². The molecule has 0 aliphatic carbocycles. The lowest BCUT2D eigenvalue weighted by molar-refractivity contribution is -0.121. The van der Waals surface area contributed by atoms with Crippen LogP contribution in [-0.4, -0.2) is 17.6 Å². The number of halogens is 1. The van der Waals surface area contributed by atoms with Crippen LogP contribution in [0.4, 0.5) is 0 Å². The molecule has 0 aromatic heterocycles. The summed E-state index contributed by atoms with van der Waals surface area (Å²) in [7, 11) is 0. The van der Waals surface area contributed by atoms with Crippen molar-refractivity contribution in [1.82, 2.24) is 5.32 Å². The lowest BCUT2D eigenvalue weighted by Gasteiger charge is -2.16. The zero-order chi connectivity index (χ0) is 14.4. The maximum absolute atomic E-state index is 12.0. The van der Waals surface area contributed by atoms with E-state index in [0.29, 0.717) is 6.42 Å². The number of nitrogens with one attached hydrogen (secondary N) is 1. The Morgan fingerprint density at radius 3 is 2.35 bits per heavy atom. The molecule has 20 heavy (non-hydrogen) atoms. The standard InChI is InChI=1S/C16H16BrNO2/c17-14-8-6-12(7-9-14)10-16(20)18-15(11-19)13-4-2-1-3-5-13/h1-9,15,19H,10-11H2,(H,18,20)/t15-/m1/s1. The average Bonchev–Trinajstić information content (AvgIpc) is 2.48. The molecule has 2 rings (SSSR count). The Balaban J connectivity index is 1.97. The molecular weight excluding hydrogens is 318 g/mol. The fourth-order valence-electron chi connectivity index (χ4n) is 1.95. The van der Waals surface area contributed by atoms with Crippen molar-refractivity contribution in [3.63, 3.8) is 0 Å². The van der Waals surface area contributed by atoms with E-state index in [9.17, 15) is 9.90 Å². The quantitative estimate of drug-likeness (QED) is 0.883. The molecule has 2 aromatic carbocycles. The minimum atomic E-state index is -0.362. The predicted octanol–water partition coefficient (Wildman–Crippen LogP) is 2.84. The Hall–Kier alpha value is -1.65. The number of hydrogen-bond donors (Lipinski definition) is 2. The zero-order valence-electron chi connectivity index (χ0n) is 10.9. The van der Waals surface area contributed by atoms with Crippen LogP contribution in [0.2, 0.25) is 0 Å². The highest BCUT2D eigenvalue weighted by Gasteiger charge is 2.13. The molecule has 1 amide bonds. The topological polar surface area (TPSA) is 49.3 Å². The van der Waals surface area contributed by atoms with E-state index in [4.69, 9.17) is 0 Å². The van der Waals surface area contributed by atoms with Gasteiger partial charge in [0.15, 0.2) is 0 Å². The Bertz CT molecular complexity index is 554. The van der Waals surface area contributed by atoms with E-state index in [1.54, 1.807) is 0 Å². The zero-order valence-corrected chi connectivity index (χ0v) is 12.5. The van der Waals surface area contributed by atoms with Crippen molar-refractivity contribution in [2.24, 2.45) is 0 Å². The van der Waals surface area contributed by atoms with Gasteiger partial charge in [0.25, 0.3) is 0 Å². The van der Waals surface area contributed by atoms with E-state index in [1.165, 1.54) is 0 Å². The molecule has 0 saturated heterocycles. The van der Waals surface area contributed by atoms with E-state index in [2.05, 4.69) is 21.2 Å². The molecule has 3 nitrogen and oxygen atoms in total. The van der Waals surface area contributed by atoms with Gasteiger partial charge in [-0.1, -0.05) is 58.4 Å². The van der Waals surface area contributed by atoms with Crippen LogP contribution in [0.15, 0.2) is 59.1 Å². The number of hydrogen-bond acceptors (Lipinski definition) is 2. The maximum Gasteiger partial charge on any atom is 0.224 e. The second-order valence-electron chi connectivity index (χ2n) is 4.52. The number of amides is 1. The summed E-state index contributed by atoms with van der Waals surface area (Å²) < 4.78 is 0.985. The summed E-state index contributed by atoms with van der Waals surface area (Å²) in [5, 5.41) is 12.3. The van der Waals surface area contributed by atoms with Gasteiger partial charge in [-0.05, 0) is 23.3 Å². The molecule has 0 aliphatic heterocycles. The number of carbonyl (C=O) groups excluding carboxylic acids is 1. The largest absolute Gasteiger partial charge is 0.394 e. The number of carbonyl (C=O) groups is 1. The summed E-state index contributed by atoms with van der Waals surface area (Å²) in [6, 6.07) is 16.7. The van der Waals surface area contributed by atoms with Crippen molar-refractivity contribution >= 4 is 21.8 Å². The van der Waals surface area contributed by atoms with Crippen molar-refractivity contribution in [1.29, 1.82) is 0 Å². The van der Waals surface area contributed by atoms with Gasteiger partial charge in [0.05, 0.1) is 19.1 Å². The van der Waals surface area contributed by atoms with Crippen LogP contribution in [0.5, 0.6) is 0 Å². The number of rotatable bonds is 5. The van der Waals surface area contributed by atoms with E-state index < -0.39 is 0 Å². The van der Waals surface area contributed by atoms with Crippen LogP contribution in [0.1, 0.15) is 17.2 Å². The molecule has 4 heteroatoms. The predicted molar refractivity (Wildman–Crippen MR) is 82.3 cm³/mol. The fourth-order valence-corrected chi connectivity index (χ4v) is 2.22. The molecular formula is C16H16BrNO2. The third-order valence-electron chi connectivity index (χ3n) is 3.00. The molecule has 2 aromatic rings. The Morgan fingerprint density at radius 2 is 1.75 bits per heavy atom. The molecule has 0 bridgehead atoms. The molecule has 0 saturated carbocycles. The van der Waals surface area contributed by atoms with Crippen molar-refractivity contribution in [3.8, 4) is 0 Å². The van der Waals surface area contributed by atoms with Gasteiger partial charge in [-0.3, -0.25) is 4.79 Å². The van der Waals surface area contributed by atoms with E-state index in [1.807, 2.05) is 54.6 Å². The van der Waals surface area contributed by atoms with Crippen LogP contribution in [0.25, 0.3) is 0 Å². The summed E-state index contributed by atoms with van der Waals surface area (Å²) in [6.45, 7) is -0.115. The van der Waals surface area contributed by atoms with Gasteiger partial charge in [-0.2, -0.15) is 0 Å². The normalized spacial score (nSPS) is 11.9. The average molecular weight is 334 g/mol. The highest BCUT2D eigenvalue weighted by molar-refractivity contribution is 9.10. The third-order valence-corrected chi connectivity index (χ3v) is 3.53. The smallest absolute Gasteiger partial charge is 0.224 e. The number of benzene rings is 2. The first kappa shape index (κ1) is 14.8. The van der Waals surface area contributed by atoms with E-state index >= 15 is 0 Å². The SMILES string of the molecule is O=C(Cc1ccc(Br)cc1)N[C@H](CO)c1ccccc1. The lowest BCUT2D eigenvalue weighted by Crippen LogP contribution is -2.31. The van der Waals surface area contributed by atoms with Gasteiger partial charge in [0.1, 0.15) is 0 Å². The summed E-state index contributed by atoms with van der Waals surface area (Å²) in [5.41, 5.74) is 1.84. The first-order valence-corrected chi connectivity index (χ1v) is 7.18. The van der Waals surface area contributed by atoms with Gasteiger partial charge in [-0.15, -0.1) is 0 Å². The highest BCUT2D eigenvalue weighted by Crippen LogP contribution is 2.13. The fraction of sp³-hybridized carbons (Fsp3) is 0.188. The van der Waals surface area contributed by atoms with Gasteiger partial charge in [-0.25, -0.2) is 0 Å². The molecule has 0 unspecified atom stereocenters. The molecule has 2 N–H and O–H groups in total. The number of aliphatic hydroxyl groups is 1. The first-order valence-electron chi connectivity index (χ1n) is 6.38. The summed E-state index contributed by atoms with van der Waals surface area (Å²) >= 11 is 3.36. The summed E-state index contributed by atoms with van der Waals surface area (Å²) in [5.74, 6) is -0.102. The molecule has 0 spiro atoms. The maximum atomic E-state index is 12.0. The van der Waals surface area contributed by atoms with Crippen LogP contribution >= 0.6 is 15.9 Å². The monoisotopic (exact) mass is 333 g/mol. The lowest BCUT2D eigenvalue weighted by atomic mass is 10.1. The molecule has 0 fully saturated rings.